The van der Waals surface area contributed by atoms with Gasteiger partial charge in [0.2, 0.25) is 0 Å². The van der Waals surface area contributed by atoms with Crippen molar-refractivity contribution in [3.05, 3.63) is 0 Å². The second-order valence-electron chi connectivity index (χ2n) is 2.65. The van der Waals surface area contributed by atoms with E-state index in [1.165, 1.54) is 17.8 Å². The molecule has 0 spiro atoms. The molecule has 0 nitrogen and oxygen atoms in total. The summed E-state index contributed by atoms with van der Waals surface area (Å²) < 4.78 is 0. The lowest BCUT2D eigenvalue weighted by Gasteiger charge is -1.41. The van der Waals surface area contributed by atoms with Gasteiger partial charge in [0.25, 0.3) is 0 Å². The van der Waals surface area contributed by atoms with Gasteiger partial charge < -0.3 is 0 Å². The van der Waals surface area contributed by atoms with Crippen molar-refractivity contribution in [3.63, 3.8) is 0 Å². The molecule has 0 radical (unpaired) electrons. The summed E-state index contributed by atoms with van der Waals surface area (Å²) in [6, 6.07) is 0. The van der Waals surface area contributed by atoms with E-state index in [0.29, 0.717) is 0 Å². The maximum Gasteiger partial charge on any atom is 0 e. The topological polar surface area (TPSA) is 0 Å². The second kappa shape index (κ2) is 49.0. The normalized spacial score (nSPS) is 7.71. The highest BCUT2D eigenvalue weighted by molar-refractivity contribution is 8.81. The molecule has 246 valence electrons. The molecule has 0 aromatic heterocycles. The van der Waals surface area contributed by atoms with Gasteiger partial charge in [0, 0.05) is 369 Å². The fourth-order valence-electron chi connectivity index (χ4n) is 0.420. The number of rotatable bonds is 0. The summed E-state index contributed by atoms with van der Waals surface area (Å²) in [4.78, 5) is 0. The van der Waals surface area contributed by atoms with E-state index < -0.39 is 0 Å². The summed E-state index contributed by atoms with van der Waals surface area (Å²) >= 11 is 9.61. The molecule has 0 rings (SSSR count). The van der Waals surface area contributed by atoms with Crippen LogP contribution in [0.25, 0.3) is 0 Å². The Morgan fingerprint density at radius 2 is 0.195 bits per heavy atom. The van der Waals surface area contributed by atoms with Gasteiger partial charge in [-0.25, -0.2) is 0 Å². The molecule has 0 fully saturated rings. The minimum atomic E-state index is 1.37. The van der Waals surface area contributed by atoms with E-state index in [9.17, 15) is 0 Å². The van der Waals surface area contributed by atoms with Crippen LogP contribution in [0.3, 0.4) is 0 Å². The van der Waals surface area contributed by atoms with Crippen molar-refractivity contribution >= 4 is 369 Å². The van der Waals surface area contributed by atoms with Crippen LogP contribution in [0.1, 0.15) is 0 Å². The van der Waals surface area contributed by atoms with Crippen molar-refractivity contribution < 1.29 is 0 Å². The van der Waals surface area contributed by atoms with Gasteiger partial charge >= 0.3 is 0 Å². The van der Waals surface area contributed by atoms with Crippen molar-refractivity contribution in [2.24, 2.45) is 0 Å². The summed E-state index contributed by atoms with van der Waals surface area (Å²) in [6.45, 7) is 0. The van der Waals surface area contributed by atoms with Crippen molar-refractivity contribution in [1.82, 2.24) is 0 Å². The maximum atomic E-state index is 4.80. The lowest BCUT2D eigenvalue weighted by Crippen LogP contribution is -1.41. The first kappa shape index (κ1) is 50.0. The third-order valence-electron chi connectivity index (χ3n) is 1.06. The molecule has 0 aliphatic rings. The fraction of sp³-hybridized carbons (Fsp3) is 0. The zero-order valence-electron chi connectivity index (χ0n) is 16.7. The first-order valence-corrected chi connectivity index (χ1v) is 60.0. The Kier molecular flexibility index (Phi) is 59.8. The van der Waals surface area contributed by atoms with E-state index >= 15 is 0 Å². The van der Waals surface area contributed by atoms with Gasteiger partial charge in [0.05, 0.1) is 0 Å². The van der Waals surface area contributed by atoms with Gasteiger partial charge in [-0.3, -0.25) is 0 Å². The highest BCUT2D eigenvalue weighted by Crippen LogP contribution is 1.44. The summed E-state index contributed by atoms with van der Waals surface area (Å²) in [7, 11) is 69.2. The van der Waals surface area contributed by atoms with Gasteiger partial charge in [-0.05, 0) is 0 Å². The summed E-state index contributed by atoms with van der Waals surface area (Å²) in [5.74, 6) is 0. The van der Waals surface area contributed by atoms with E-state index in [4.69, 9.17) is 22.4 Å². The molecule has 0 aliphatic carbocycles. The van der Waals surface area contributed by atoms with Crippen molar-refractivity contribution in [2.45, 2.75) is 0 Å². The van der Waals surface area contributed by atoms with E-state index in [-0.39, 0.29) is 0 Å². The Hall–Kier alpha value is 9.02. The van der Waals surface area contributed by atoms with Crippen LogP contribution in [0.2, 0.25) is 0 Å². The zero-order chi connectivity index (χ0) is 29.6. The number of hydrogen-bond donors (Lipinski definition) is 0. The van der Waals surface area contributed by atoms with Crippen LogP contribution in [-0.4, -0.2) is 0 Å². The Labute approximate surface area is 358 Å². The molecule has 41 heavy (non-hydrogen) atoms. The standard InChI is InChI=1S/S41/c1-3-5-7-9-11-13-15-17-19-21-23-25-27-29-31-33-35-37-39-41-40-38-36-34-32-30-28-26-24-22-20-18-16-14-12-10-8-6-4-2. The summed E-state index contributed by atoms with van der Waals surface area (Å²) in [6.07, 6.45) is 0. The Morgan fingerprint density at radius 3 is 0.268 bits per heavy atom. The van der Waals surface area contributed by atoms with Crippen LogP contribution in [-0.2, 0) is 369 Å². The molecular formula is S41. The lowest BCUT2D eigenvalue weighted by atomic mass is 30.7. The smallest absolute Gasteiger partial charge is 0 e. The highest BCUT2D eigenvalue weighted by atomic mass is 33.5. The SMILES string of the molecule is S=S=S=S=S=S=S=S=S=S=S=S=S=S=S=S=S=S=S=S=S=S=S=S=S=S=S=S=S=S=S=S=S=S=S=S=S=S=S=S=S. The highest BCUT2D eigenvalue weighted by Gasteiger charge is 1.44. The van der Waals surface area contributed by atoms with E-state index in [1.54, 1.807) is 107 Å². The maximum absolute atomic E-state index is 4.80. The minimum absolute atomic E-state index is 1.37. The van der Waals surface area contributed by atoms with Crippen LogP contribution < -0.4 is 0 Å². The molecule has 0 aliphatic heterocycles. The lowest BCUT2D eigenvalue weighted by molar-refractivity contribution is 5.96. The molecule has 0 N–H and O–H groups in total. The molecule has 0 heterocycles. The molecule has 0 aromatic rings. The van der Waals surface area contributed by atoms with Crippen LogP contribution >= 0.6 is 0 Å². The van der Waals surface area contributed by atoms with Crippen molar-refractivity contribution in [1.29, 1.82) is 0 Å². The third-order valence-corrected chi connectivity index (χ3v) is 85.5. The van der Waals surface area contributed by atoms with E-state index in [2.05, 4.69) is 0 Å². The molecule has 0 saturated heterocycles. The van der Waals surface area contributed by atoms with Gasteiger partial charge in [0.15, 0.2) is 0 Å². The summed E-state index contributed by atoms with van der Waals surface area (Å²) in [5, 5.41) is 0. The first-order chi connectivity index (χ1) is 20.4. The molecule has 0 bridgehead atoms. The predicted octanol–water partition coefficient (Wildman–Crippen LogP) is -0.0984. The van der Waals surface area contributed by atoms with Crippen LogP contribution in [0, 0.1) is 0 Å². The number of hydrogen-bond acceptors (Lipinski definition) is 2. The fourth-order valence-corrected chi connectivity index (χ4v) is 102. The molecular weight excluding hydrogens is 1310 g/mol. The molecule has 41 heteroatoms. The Balaban J connectivity index is 6.03. The molecule has 0 atom stereocenters. The van der Waals surface area contributed by atoms with Gasteiger partial charge in [-0.15, -0.1) is 0 Å². The van der Waals surface area contributed by atoms with Gasteiger partial charge in [-0.1, -0.05) is 0 Å². The predicted molar refractivity (Wildman–Crippen MR) is 302 cm³/mol. The third kappa shape index (κ3) is 49.0. The molecule has 0 saturated carbocycles. The molecule has 0 amide bonds. The first-order valence-electron chi connectivity index (χ1n) is 6.67. The quantitative estimate of drug-likeness (QED) is 0.333. The van der Waals surface area contributed by atoms with Gasteiger partial charge in [-0.2, -0.15) is 0 Å². The Morgan fingerprint density at radius 1 is 0.122 bits per heavy atom. The van der Waals surface area contributed by atoms with Crippen LogP contribution in [0.5, 0.6) is 0 Å². The molecule has 0 aromatic carbocycles. The van der Waals surface area contributed by atoms with E-state index in [0.717, 1.165) is 0 Å². The largest absolute Gasteiger partial charge is 0 e. The Bertz CT molecular complexity index is 2480. The average molecular weight is 1310 g/mol. The summed E-state index contributed by atoms with van der Waals surface area (Å²) in [5.41, 5.74) is 0. The average Bonchev–Trinajstić information content (AvgIpc) is 2.98. The second-order valence-corrected chi connectivity index (χ2v) is 71.6. The van der Waals surface area contributed by atoms with Crippen LogP contribution in [0.15, 0.2) is 0 Å². The zero-order valence-corrected chi connectivity index (χ0v) is 50.2. The van der Waals surface area contributed by atoms with Crippen LogP contribution in [0.4, 0.5) is 0 Å². The van der Waals surface area contributed by atoms with Crippen molar-refractivity contribution in [2.75, 3.05) is 0 Å². The van der Waals surface area contributed by atoms with E-state index in [1.807, 2.05) is 222 Å². The minimum Gasteiger partial charge on any atom is 0 e. The monoisotopic (exact) mass is 1310 g/mol. The molecule has 0 unspecified atom stereocenters. The van der Waals surface area contributed by atoms with Crippen molar-refractivity contribution in [3.8, 4) is 0 Å². The van der Waals surface area contributed by atoms with Gasteiger partial charge in [0.1, 0.15) is 0 Å².